The summed E-state index contributed by atoms with van der Waals surface area (Å²) >= 11 is 0. The molecular formula is C21H26N4O5S. The Morgan fingerprint density at radius 1 is 1.10 bits per heavy atom. The first kappa shape index (κ1) is 21.5. The van der Waals surface area contributed by atoms with Crippen molar-refractivity contribution in [3.63, 3.8) is 0 Å². The number of oxazole rings is 1. The van der Waals surface area contributed by atoms with Gasteiger partial charge in [0.15, 0.2) is 11.5 Å². The average Bonchev–Trinajstić information content (AvgIpc) is 3.27. The van der Waals surface area contributed by atoms with E-state index < -0.39 is 10.0 Å². The Morgan fingerprint density at radius 3 is 2.55 bits per heavy atom. The van der Waals surface area contributed by atoms with Crippen molar-refractivity contribution in [3.05, 3.63) is 47.8 Å². The van der Waals surface area contributed by atoms with E-state index in [1.165, 1.54) is 4.31 Å². The molecule has 31 heavy (non-hydrogen) atoms. The molecular weight excluding hydrogens is 420 g/mol. The second kappa shape index (κ2) is 8.81. The van der Waals surface area contributed by atoms with Crippen molar-refractivity contribution in [3.8, 4) is 17.1 Å². The van der Waals surface area contributed by atoms with Crippen molar-refractivity contribution in [1.82, 2.24) is 19.3 Å². The van der Waals surface area contributed by atoms with Crippen molar-refractivity contribution < 1.29 is 22.1 Å². The molecule has 4 rings (SSSR count). The number of hydrogen-bond donors (Lipinski definition) is 0. The molecule has 1 saturated heterocycles. The van der Waals surface area contributed by atoms with E-state index in [9.17, 15) is 8.42 Å². The number of hydrogen-bond acceptors (Lipinski definition) is 8. The van der Waals surface area contributed by atoms with Crippen LogP contribution in [0.25, 0.3) is 11.3 Å². The molecule has 10 heteroatoms. The topological polar surface area (TPSA) is 102 Å². The zero-order valence-electron chi connectivity index (χ0n) is 17.9. The summed E-state index contributed by atoms with van der Waals surface area (Å²) < 4.78 is 43.8. The molecule has 3 aromatic rings. The number of benzene rings is 1. The Bertz CT molecular complexity index is 1120. The van der Waals surface area contributed by atoms with Crippen molar-refractivity contribution in [1.29, 1.82) is 0 Å². The molecule has 0 amide bonds. The van der Waals surface area contributed by atoms with E-state index in [4.69, 9.17) is 13.7 Å². The average molecular weight is 447 g/mol. The highest BCUT2D eigenvalue weighted by Gasteiger charge is 2.32. The zero-order chi connectivity index (χ0) is 22.0. The fraction of sp³-hybridized carbons (Fsp3) is 0.429. The van der Waals surface area contributed by atoms with E-state index in [0.29, 0.717) is 55.7 Å². The van der Waals surface area contributed by atoms with Crippen LogP contribution in [-0.2, 0) is 16.6 Å². The SMILES string of the molecule is COc1ccc(-c2cnc(CN3CCCN(S(=O)(=O)c4c(C)noc4C)CC3)o2)cc1. The van der Waals surface area contributed by atoms with Gasteiger partial charge in [0.1, 0.15) is 16.3 Å². The van der Waals surface area contributed by atoms with Crippen molar-refractivity contribution in [2.24, 2.45) is 0 Å². The lowest BCUT2D eigenvalue weighted by Crippen LogP contribution is -2.35. The minimum absolute atomic E-state index is 0.179. The molecule has 0 spiro atoms. The van der Waals surface area contributed by atoms with Gasteiger partial charge in [-0.2, -0.15) is 4.31 Å². The van der Waals surface area contributed by atoms with Crippen LogP contribution in [0.4, 0.5) is 0 Å². The zero-order valence-corrected chi connectivity index (χ0v) is 18.7. The highest BCUT2D eigenvalue weighted by Crippen LogP contribution is 2.26. The van der Waals surface area contributed by atoms with Gasteiger partial charge in [-0.3, -0.25) is 4.90 Å². The molecule has 166 valence electrons. The van der Waals surface area contributed by atoms with Gasteiger partial charge in [0.25, 0.3) is 0 Å². The first-order chi connectivity index (χ1) is 14.9. The van der Waals surface area contributed by atoms with Gasteiger partial charge >= 0.3 is 0 Å². The first-order valence-corrected chi connectivity index (χ1v) is 11.6. The largest absolute Gasteiger partial charge is 0.497 e. The van der Waals surface area contributed by atoms with Gasteiger partial charge in [0, 0.05) is 25.2 Å². The van der Waals surface area contributed by atoms with Gasteiger partial charge in [-0.05, 0) is 51.1 Å². The summed E-state index contributed by atoms with van der Waals surface area (Å²) in [4.78, 5) is 6.74. The number of sulfonamides is 1. The van der Waals surface area contributed by atoms with Crippen molar-refractivity contribution in [2.45, 2.75) is 31.7 Å². The molecule has 0 radical (unpaired) electrons. The summed E-state index contributed by atoms with van der Waals surface area (Å²) in [5, 5.41) is 3.79. The molecule has 1 fully saturated rings. The monoisotopic (exact) mass is 446 g/mol. The van der Waals surface area contributed by atoms with E-state index in [1.54, 1.807) is 27.2 Å². The maximum absolute atomic E-state index is 13.1. The number of nitrogens with zero attached hydrogens (tertiary/aromatic N) is 4. The Balaban J connectivity index is 1.41. The quantitative estimate of drug-likeness (QED) is 0.570. The molecule has 9 nitrogen and oxygen atoms in total. The number of aromatic nitrogens is 2. The third kappa shape index (κ3) is 4.51. The third-order valence-electron chi connectivity index (χ3n) is 5.40. The lowest BCUT2D eigenvalue weighted by molar-refractivity contribution is 0.251. The second-order valence-electron chi connectivity index (χ2n) is 7.53. The van der Waals surface area contributed by atoms with Crippen LogP contribution in [0.3, 0.4) is 0 Å². The smallest absolute Gasteiger partial charge is 0.248 e. The maximum Gasteiger partial charge on any atom is 0.248 e. The number of rotatable bonds is 6. The molecule has 0 saturated carbocycles. The molecule has 3 heterocycles. The Morgan fingerprint density at radius 2 is 1.87 bits per heavy atom. The fourth-order valence-electron chi connectivity index (χ4n) is 3.78. The molecule has 0 aliphatic carbocycles. The standard InChI is InChI=1S/C21H26N4O5S/c1-15-21(16(2)30-23-15)31(26,27)25-10-4-9-24(11-12-25)14-20-22-13-19(29-20)17-5-7-18(28-3)8-6-17/h5-8,13H,4,9-12,14H2,1-3H3. The summed E-state index contributed by atoms with van der Waals surface area (Å²) in [6, 6.07) is 7.60. The molecule has 0 bridgehead atoms. The van der Waals surface area contributed by atoms with E-state index >= 15 is 0 Å². The predicted molar refractivity (Wildman–Crippen MR) is 113 cm³/mol. The molecule has 0 unspecified atom stereocenters. The summed E-state index contributed by atoms with van der Waals surface area (Å²) in [7, 11) is -2.01. The Hall–Kier alpha value is -2.69. The van der Waals surface area contributed by atoms with Gasteiger partial charge in [-0.15, -0.1) is 0 Å². The molecule has 1 aliphatic rings. The second-order valence-corrected chi connectivity index (χ2v) is 9.41. The first-order valence-electron chi connectivity index (χ1n) is 10.1. The van der Waals surface area contributed by atoms with Crippen molar-refractivity contribution >= 4 is 10.0 Å². The van der Waals surface area contributed by atoms with Crippen LogP contribution in [0.1, 0.15) is 23.8 Å². The van der Waals surface area contributed by atoms with E-state index in [1.807, 2.05) is 24.3 Å². The number of ether oxygens (including phenoxy) is 1. The minimum Gasteiger partial charge on any atom is -0.497 e. The molecule has 1 aromatic carbocycles. The predicted octanol–water partition coefficient (Wildman–Crippen LogP) is 2.85. The normalized spacial score (nSPS) is 16.4. The fourth-order valence-corrected chi connectivity index (χ4v) is 5.54. The van der Waals surface area contributed by atoms with Gasteiger partial charge < -0.3 is 13.7 Å². The molecule has 0 atom stereocenters. The molecule has 2 aromatic heterocycles. The Kier molecular flexibility index (Phi) is 6.12. The molecule has 1 aliphatic heterocycles. The third-order valence-corrected chi connectivity index (χ3v) is 7.54. The van der Waals surface area contributed by atoms with Gasteiger partial charge in [-0.25, -0.2) is 13.4 Å². The van der Waals surface area contributed by atoms with Crippen LogP contribution in [0, 0.1) is 13.8 Å². The maximum atomic E-state index is 13.1. The summed E-state index contributed by atoms with van der Waals surface area (Å²) in [5.74, 6) is 2.40. The van der Waals surface area contributed by atoms with Gasteiger partial charge in [-0.1, -0.05) is 5.16 Å². The minimum atomic E-state index is -3.64. The summed E-state index contributed by atoms with van der Waals surface area (Å²) in [6.07, 6.45) is 2.43. The van der Waals surface area contributed by atoms with Crippen molar-refractivity contribution in [2.75, 3.05) is 33.3 Å². The van der Waals surface area contributed by atoms with E-state index in [-0.39, 0.29) is 4.90 Å². The molecule has 0 N–H and O–H groups in total. The van der Waals surface area contributed by atoms with E-state index in [0.717, 1.165) is 17.9 Å². The van der Waals surface area contributed by atoms with Crippen LogP contribution < -0.4 is 4.74 Å². The summed E-state index contributed by atoms with van der Waals surface area (Å²) in [5.41, 5.74) is 1.32. The lowest BCUT2D eigenvalue weighted by atomic mass is 10.2. The van der Waals surface area contributed by atoms with Crippen LogP contribution in [-0.4, -0.2) is 61.1 Å². The highest BCUT2D eigenvalue weighted by atomic mass is 32.2. The van der Waals surface area contributed by atoms with Gasteiger partial charge in [0.05, 0.1) is 19.9 Å². The highest BCUT2D eigenvalue weighted by molar-refractivity contribution is 7.89. The van der Waals surface area contributed by atoms with E-state index in [2.05, 4.69) is 15.0 Å². The Labute approximate surface area is 181 Å². The summed E-state index contributed by atoms with van der Waals surface area (Å²) in [6.45, 7) is 5.98. The number of aryl methyl sites for hydroxylation is 2. The van der Waals surface area contributed by atoms with Crippen LogP contribution >= 0.6 is 0 Å². The number of methoxy groups -OCH3 is 1. The van der Waals surface area contributed by atoms with Gasteiger partial charge in [0.2, 0.25) is 15.9 Å². The van der Waals surface area contributed by atoms with Crippen LogP contribution in [0.5, 0.6) is 5.75 Å². The van der Waals surface area contributed by atoms with Crippen LogP contribution in [0.15, 0.2) is 44.3 Å². The lowest BCUT2D eigenvalue weighted by Gasteiger charge is -2.20. The van der Waals surface area contributed by atoms with Crippen LogP contribution in [0.2, 0.25) is 0 Å².